The number of carbonyl (C=O) groups excluding carboxylic acids is 1. The van der Waals surface area contributed by atoms with Crippen LogP contribution in [0, 0.1) is 11.3 Å². The highest BCUT2D eigenvalue weighted by Gasteiger charge is 2.27. The number of aromatic amines is 1. The normalized spacial score (nSPS) is 14.8. The van der Waals surface area contributed by atoms with Gasteiger partial charge in [0.25, 0.3) is 0 Å². The molecule has 0 aliphatic carbocycles. The Labute approximate surface area is 226 Å². The molecule has 1 amide bonds. The molecule has 3 heterocycles. The van der Waals surface area contributed by atoms with E-state index in [0.717, 1.165) is 41.7 Å². The molecule has 4 aromatic rings. The third kappa shape index (κ3) is 5.12. The van der Waals surface area contributed by atoms with E-state index in [0.29, 0.717) is 34.4 Å². The number of H-pyrrole nitrogens is 1. The van der Waals surface area contributed by atoms with Crippen molar-refractivity contribution >= 4 is 39.8 Å². The second kappa shape index (κ2) is 10.8. The van der Waals surface area contributed by atoms with Crippen LogP contribution in [0.4, 0.5) is 23.0 Å². The summed E-state index contributed by atoms with van der Waals surface area (Å²) >= 11 is 0. The van der Waals surface area contributed by atoms with E-state index >= 15 is 0 Å². The molecule has 1 atom stereocenters. The summed E-state index contributed by atoms with van der Waals surface area (Å²) in [4.78, 5) is 29.1. The minimum absolute atomic E-state index is 0.287. The first-order valence-electron chi connectivity index (χ1n) is 12.6. The van der Waals surface area contributed by atoms with Crippen molar-refractivity contribution in [1.82, 2.24) is 19.9 Å². The molecule has 1 fully saturated rings. The fraction of sp³-hybridized carbons (Fsp3) is 0.241. The summed E-state index contributed by atoms with van der Waals surface area (Å²) in [6, 6.07) is 14.2. The smallest absolute Gasteiger partial charge is 0.247 e. The quantitative estimate of drug-likeness (QED) is 0.289. The van der Waals surface area contributed by atoms with Gasteiger partial charge < -0.3 is 30.2 Å². The number of nitrogens with zero attached hydrogens (tertiary/aromatic N) is 5. The molecule has 1 aliphatic heterocycles. The van der Waals surface area contributed by atoms with Crippen molar-refractivity contribution in [3.05, 3.63) is 67.0 Å². The largest absolute Gasteiger partial charge is 0.494 e. The summed E-state index contributed by atoms with van der Waals surface area (Å²) < 4.78 is 5.74. The SMILES string of the molecule is C=CC(=O)Nc1cc(Nc2ncc(C#N)c(-c3c[nH]c4ccccc34)n2)c(OC)cc1N1CC[C@@H](N(C)C)C1. The lowest BCUT2D eigenvalue weighted by molar-refractivity contribution is -0.111. The molecule has 0 saturated carbocycles. The Balaban J connectivity index is 1.54. The second-order valence-corrected chi connectivity index (χ2v) is 9.56. The number of amides is 1. The van der Waals surface area contributed by atoms with E-state index in [9.17, 15) is 10.1 Å². The summed E-state index contributed by atoms with van der Waals surface area (Å²) in [6.07, 6.45) is 5.59. The van der Waals surface area contributed by atoms with Gasteiger partial charge in [0.1, 0.15) is 11.8 Å². The van der Waals surface area contributed by atoms with Gasteiger partial charge in [-0.25, -0.2) is 9.97 Å². The van der Waals surface area contributed by atoms with Crippen LogP contribution in [-0.4, -0.2) is 66.1 Å². The molecule has 1 saturated heterocycles. The van der Waals surface area contributed by atoms with Crippen LogP contribution >= 0.6 is 0 Å². The minimum Gasteiger partial charge on any atom is -0.494 e. The van der Waals surface area contributed by atoms with Crippen LogP contribution in [0.1, 0.15) is 12.0 Å². The molecule has 10 heteroatoms. The third-order valence-electron chi connectivity index (χ3n) is 7.00. The Morgan fingerprint density at radius 2 is 2.13 bits per heavy atom. The van der Waals surface area contributed by atoms with Crippen molar-refractivity contribution in [2.75, 3.05) is 49.8 Å². The molecule has 3 N–H and O–H groups in total. The number of para-hydroxylation sites is 1. The molecular weight excluding hydrogens is 492 g/mol. The van der Waals surface area contributed by atoms with Gasteiger partial charge in [-0.15, -0.1) is 0 Å². The predicted octanol–water partition coefficient (Wildman–Crippen LogP) is 4.51. The van der Waals surface area contributed by atoms with Crippen LogP contribution in [0.25, 0.3) is 22.2 Å². The zero-order valence-corrected chi connectivity index (χ0v) is 22.2. The molecule has 1 aliphatic rings. The Bertz CT molecular complexity index is 1590. The third-order valence-corrected chi connectivity index (χ3v) is 7.00. The number of nitrogens with one attached hydrogen (secondary N) is 3. The minimum atomic E-state index is -0.313. The Kier molecular flexibility index (Phi) is 7.17. The van der Waals surface area contributed by atoms with E-state index in [4.69, 9.17) is 9.72 Å². The standard InChI is InChI=1S/C29H30N8O2/c1-5-27(38)33-23-12-24(26(39-4)13-25(23)37-11-10-19(17-37)36(2)3)34-29-32-15-18(14-30)28(35-29)21-16-31-22-9-7-6-8-20(21)22/h5-9,12-13,15-16,19,31H,1,10-11,17H2,2-4H3,(H,33,38)(H,32,34,35)/t19-/m1/s1. The first-order chi connectivity index (χ1) is 18.9. The number of methoxy groups -OCH3 is 1. The van der Waals surface area contributed by atoms with E-state index in [1.54, 1.807) is 7.11 Å². The van der Waals surface area contributed by atoms with Crippen molar-refractivity contribution < 1.29 is 9.53 Å². The van der Waals surface area contributed by atoms with Crippen LogP contribution < -0.4 is 20.3 Å². The van der Waals surface area contributed by atoms with E-state index in [-0.39, 0.29) is 11.9 Å². The van der Waals surface area contributed by atoms with E-state index < -0.39 is 0 Å². The van der Waals surface area contributed by atoms with Crippen molar-refractivity contribution in [3.63, 3.8) is 0 Å². The van der Waals surface area contributed by atoms with Gasteiger partial charge in [0.05, 0.1) is 41.6 Å². The summed E-state index contributed by atoms with van der Waals surface area (Å²) in [5, 5.41) is 16.9. The van der Waals surface area contributed by atoms with Crippen LogP contribution in [0.5, 0.6) is 5.75 Å². The molecule has 2 aromatic heterocycles. The Hall–Kier alpha value is -4.88. The maximum absolute atomic E-state index is 12.3. The summed E-state index contributed by atoms with van der Waals surface area (Å²) in [6.45, 7) is 5.27. The van der Waals surface area contributed by atoms with Crippen LogP contribution in [0.15, 0.2) is 61.4 Å². The average molecular weight is 523 g/mol. The van der Waals surface area contributed by atoms with E-state index in [1.807, 2.05) is 42.6 Å². The molecule has 2 aromatic carbocycles. The van der Waals surface area contributed by atoms with Gasteiger partial charge in [0.2, 0.25) is 11.9 Å². The molecular formula is C29H30N8O2. The number of ether oxygens (including phenoxy) is 1. The molecule has 0 bridgehead atoms. The zero-order valence-electron chi connectivity index (χ0n) is 22.2. The summed E-state index contributed by atoms with van der Waals surface area (Å²) in [5.74, 6) is 0.540. The average Bonchev–Trinajstić information content (AvgIpc) is 3.61. The topological polar surface area (TPSA) is 122 Å². The van der Waals surface area contributed by atoms with Crippen molar-refractivity contribution in [3.8, 4) is 23.1 Å². The number of fused-ring (bicyclic) bond motifs is 1. The lowest BCUT2D eigenvalue weighted by Gasteiger charge is -2.25. The fourth-order valence-corrected chi connectivity index (χ4v) is 4.88. The summed E-state index contributed by atoms with van der Waals surface area (Å²) in [7, 11) is 5.74. The maximum atomic E-state index is 12.3. The van der Waals surface area contributed by atoms with Crippen molar-refractivity contribution in [2.45, 2.75) is 12.5 Å². The van der Waals surface area contributed by atoms with Gasteiger partial charge in [-0.3, -0.25) is 4.79 Å². The number of carbonyl (C=O) groups is 1. The lowest BCUT2D eigenvalue weighted by atomic mass is 10.1. The number of aromatic nitrogens is 3. The zero-order chi connectivity index (χ0) is 27.5. The molecule has 0 radical (unpaired) electrons. The van der Waals surface area contributed by atoms with Crippen LogP contribution in [0.3, 0.4) is 0 Å². The van der Waals surface area contributed by atoms with Gasteiger partial charge in [-0.2, -0.15) is 5.26 Å². The lowest BCUT2D eigenvalue weighted by Crippen LogP contribution is -2.31. The first-order valence-corrected chi connectivity index (χ1v) is 12.6. The predicted molar refractivity (Wildman–Crippen MR) is 153 cm³/mol. The number of anilines is 4. The van der Waals surface area contributed by atoms with Crippen LogP contribution in [-0.2, 0) is 4.79 Å². The number of rotatable bonds is 8. The summed E-state index contributed by atoms with van der Waals surface area (Å²) in [5.41, 5.74) is 4.66. The fourth-order valence-electron chi connectivity index (χ4n) is 4.88. The van der Waals surface area contributed by atoms with E-state index in [2.05, 4.69) is 57.1 Å². The molecule has 5 rings (SSSR count). The van der Waals surface area contributed by atoms with Gasteiger partial charge >= 0.3 is 0 Å². The highest BCUT2D eigenvalue weighted by atomic mass is 16.5. The number of likely N-dealkylation sites (N-methyl/N-ethyl adjacent to an activating group) is 1. The molecule has 39 heavy (non-hydrogen) atoms. The molecule has 10 nitrogen and oxygen atoms in total. The van der Waals surface area contributed by atoms with Gasteiger partial charge in [0, 0.05) is 47.9 Å². The number of hydrogen-bond acceptors (Lipinski definition) is 8. The second-order valence-electron chi connectivity index (χ2n) is 9.56. The molecule has 0 unspecified atom stereocenters. The van der Waals surface area contributed by atoms with E-state index in [1.165, 1.54) is 12.3 Å². The van der Waals surface area contributed by atoms with Gasteiger partial charge in [-0.05, 0) is 38.7 Å². The van der Waals surface area contributed by atoms with Gasteiger partial charge in [0.15, 0.2) is 0 Å². The number of benzene rings is 2. The van der Waals surface area contributed by atoms with Crippen LogP contribution in [0.2, 0.25) is 0 Å². The number of hydrogen-bond donors (Lipinski definition) is 3. The Morgan fingerprint density at radius 1 is 1.31 bits per heavy atom. The Morgan fingerprint density at radius 3 is 2.85 bits per heavy atom. The molecule has 198 valence electrons. The van der Waals surface area contributed by atoms with Gasteiger partial charge in [-0.1, -0.05) is 24.8 Å². The maximum Gasteiger partial charge on any atom is 0.247 e. The molecule has 0 spiro atoms. The number of nitriles is 1. The highest BCUT2D eigenvalue weighted by Crippen LogP contribution is 2.40. The van der Waals surface area contributed by atoms with Crippen molar-refractivity contribution in [1.29, 1.82) is 5.26 Å². The first kappa shape index (κ1) is 25.8. The monoisotopic (exact) mass is 522 g/mol. The van der Waals surface area contributed by atoms with Crippen molar-refractivity contribution in [2.24, 2.45) is 0 Å². The highest BCUT2D eigenvalue weighted by molar-refractivity contribution is 6.02.